The van der Waals surface area contributed by atoms with Crippen LogP contribution in [0.3, 0.4) is 0 Å². The van der Waals surface area contributed by atoms with E-state index in [1.54, 1.807) is 14.0 Å². The Kier molecular flexibility index (Phi) is 7.15. The maximum absolute atomic E-state index is 13.0. The van der Waals surface area contributed by atoms with Crippen LogP contribution in [0, 0.1) is 6.92 Å². The monoisotopic (exact) mass is 413 g/mol. The molecule has 1 saturated heterocycles. The highest BCUT2D eigenvalue weighted by Gasteiger charge is 2.27. The molecule has 1 unspecified atom stereocenters. The lowest BCUT2D eigenvalue weighted by Crippen LogP contribution is -2.37. The quantitative estimate of drug-likeness (QED) is 0.649. The van der Waals surface area contributed by atoms with E-state index in [-0.39, 0.29) is 11.9 Å². The van der Waals surface area contributed by atoms with Gasteiger partial charge in [0.25, 0.3) is 5.91 Å². The van der Waals surface area contributed by atoms with Gasteiger partial charge in [0.2, 0.25) is 0 Å². The van der Waals surface area contributed by atoms with Crippen molar-refractivity contribution in [2.45, 2.75) is 39.2 Å². The zero-order valence-corrected chi connectivity index (χ0v) is 18.2. The highest BCUT2D eigenvalue weighted by atomic mass is 16.5. The standard InChI is InChI=1S/C23H31N3O4/c1-5-18-20(23(28)30-4)15(2)21(25-18)22(27)24-14-19(26-12-6-7-13-26)16-8-10-17(29-3)11-9-16/h8-11,19,25H,5-7,12-14H2,1-4H3,(H,24,27). The summed E-state index contributed by atoms with van der Waals surface area (Å²) >= 11 is 0. The molecule has 1 amide bonds. The molecule has 0 saturated carbocycles. The third-order valence-electron chi connectivity index (χ3n) is 5.84. The topological polar surface area (TPSA) is 83.7 Å². The lowest BCUT2D eigenvalue weighted by molar-refractivity contribution is 0.0599. The number of methoxy groups -OCH3 is 2. The van der Waals surface area contributed by atoms with E-state index >= 15 is 0 Å². The van der Waals surface area contributed by atoms with Gasteiger partial charge < -0.3 is 19.8 Å². The summed E-state index contributed by atoms with van der Waals surface area (Å²) in [6.45, 7) is 6.23. The Hall–Kier alpha value is -2.80. The molecule has 2 N–H and O–H groups in total. The number of esters is 1. The first-order chi connectivity index (χ1) is 14.5. The first-order valence-corrected chi connectivity index (χ1v) is 10.5. The molecule has 0 radical (unpaired) electrons. The average molecular weight is 414 g/mol. The lowest BCUT2D eigenvalue weighted by Gasteiger charge is -2.28. The number of hydrogen-bond acceptors (Lipinski definition) is 5. The van der Waals surface area contributed by atoms with Crippen molar-refractivity contribution in [3.63, 3.8) is 0 Å². The van der Waals surface area contributed by atoms with Crippen LogP contribution in [-0.4, -0.2) is 55.6 Å². The molecule has 0 spiro atoms. The summed E-state index contributed by atoms with van der Waals surface area (Å²) in [6, 6.07) is 8.09. The van der Waals surface area contributed by atoms with Crippen molar-refractivity contribution in [1.29, 1.82) is 0 Å². The molecule has 1 atom stereocenters. The zero-order valence-electron chi connectivity index (χ0n) is 18.2. The highest BCUT2D eigenvalue weighted by Crippen LogP contribution is 2.27. The summed E-state index contributed by atoms with van der Waals surface area (Å²) in [4.78, 5) is 30.6. The number of aryl methyl sites for hydroxylation is 1. The Morgan fingerprint density at radius 3 is 2.40 bits per heavy atom. The number of amides is 1. The van der Waals surface area contributed by atoms with Gasteiger partial charge >= 0.3 is 5.97 Å². The summed E-state index contributed by atoms with van der Waals surface area (Å²) in [5, 5.41) is 3.07. The molecule has 2 heterocycles. The normalized spacial score (nSPS) is 15.1. The van der Waals surface area contributed by atoms with Gasteiger partial charge in [-0.1, -0.05) is 19.1 Å². The lowest BCUT2D eigenvalue weighted by atomic mass is 10.0. The SMILES string of the molecule is CCc1[nH]c(C(=O)NCC(c2ccc(OC)cc2)N2CCCC2)c(C)c1C(=O)OC. The molecule has 7 nitrogen and oxygen atoms in total. The fourth-order valence-electron chi connectivity index (χ4n) is 4.14. The Morgan fingerprint density at radius 1 is 1.17 bits per heavy atom. The van der Waals surface area contributed by atoms with Gasteiger partial charge in [0.1, 0.15) is 11.4 Å². The number of H-pyrrole nitrogens is 1. The number of aromatic nitrogens is 1. The van der Waals surface area contributed by atoms with Gasteiger partial charge in [-0.3, -0.25) is 9.69 Å². The fourth-order valence-corrected chi connectivity index (χ4v) is 4.14. The molecule has 1 aromatic carbocycles. The predicted octanol–water partition coefficient (Wildman–Crippen LogP) is 3.25. The molecule has 7 heteroatoms. The van der Waals surface area contributed by atoms with Crippen LogP contribution in [0.1, 0.15) is 63.5 Å². The first-order valence-electron chi connectivity index (χ1n) is 10.5. The molecule has 1 aliphatic heterocycles. The van der Waals surface area contributed by atoms with Crippen molar-refractivity contribution in [3.8, 4) is 5.75 Å². The molecular formula is C23H31N3O4. The van der Waals surface area contributed by atoms with E-state index in [9.17, 15) is 9.59 Å². The minimum Gasteiger partial charge on any atom is -0.497 e. The molecule has 30 heavy (non-hydrogen) atoms. The minimum absolute atomic E-state index is 0.0864. The second kappa shape index (κ2) is 9.80. The molecule has 0 bridgehead atoms. The molecule has 162 valence electrons. The van der Waals surface area contributed by atoms with Gasteiger partial charge in [-0.05, 0) is 62.5 Å². The molecular weight excluding hydrogens is 382 g/mol. The van der Waals surface area contributed by atoms with Crippen LogP contribution in [0.5, 0.6) is 5.75 Å². The van der Waals surface area contributed by atoms with Crippen molar-refractivity contribution in [3.05, 3.63) is 52.3 Å². The van der Waals surface area contributed by atoms with E-state index in [0.717, 1.165) is 30.1 Å². The van der Waals surface area contributed by atoms with Crippen LogP contribution in [0.25, 0.3) is 0 Å². The van der Waals surface area contributed by atoms with Crippen LogP contribution in [-0.2, 0) is 11.2 Å². The highest BCUT2D eigenvalue weighted by molar-refractivity contribution is 6.00. The number of aromatic amines is 1. The summed E-state index contributed by atoms with van der Waals surface area (Å²) < 4.78 is 10.2. The molecule has 0 aliphatic carbocycles. The van der Waals surface area contributed by atoms with E-state index in [1.165, 1.54) is 20.0 Å². The molecule has 3 rings (SSSR count). The number of likely N-dealkylation sites (tertiary alicyclic amines) is 1. The molecule has 2 aromatic rings. The number of ether oxygens (including phenoxy) is 2. The van der Waals surface area contributed by atoms with Crippen molar-refractivity contribution in [2.24, 2.45) is 0 Å². The van der Waals surface area contributed by atoms with Crippen molar-refractivity contribution < 1.29 is 19.1 Å². The van der Waals surface area contributed by atoms with Crippen molar-refractivity contribution in [2.75, 3.05) is 33.9 Å². The number of benzene rings is 1. The smallest absolute Gasteiger partial charge is 0.339 e. The van der Waals surface area contributed by atoms with Gasteiger partial charge in [-0.15, -0.1) is 0 Å². The van der Waals surface area contributed by atoms with E-state index in [1.807, 2.05) is 19.1 Å². The number of nitrogens with zero attached hydrogens (tertiary/aromatic N) is 1. The number of rotatable bonds is 8. The summed E-state index contributed by atoms with van der Waals surface area (Å²) in [5.41, 5.74) is 3.36. The maximum atomic E-state index is 13.0. The first kappa shape index (κ1) is 21.9. The number of hydrogen-bond donors (Lipinski definition) is 2. The van der Waals surface area contributed by atoms with Gasteiger partial charge in [-0.2, -0.15) is 0 Å². The Bertz CT molecular complexity index is 883. The zero-order chi connectivity index (χ0) is 21.7. The van der Waals surface area contributed by atoms with Crippen LogP contribution >= 0.6 is 0 Å². The predicted molar refractivity (Wildman–Crippen MR) is 115 cm³/mol. The third kappa shape index (κ3) is 4.51. The van der Waals surface area contributed by atoms with E-state index < -0.39 is 5.97 Å². The second-order valence-corrected chi connectivity index (χ2v) is 7.57. The summed E-state index contributed by atoms with van der Waals surface area (Å²) in [5.74, 6) is 0.176. The summed E-state index contributed by atoms with van der Waals surface area (Å²) in [6.07, 6.45) is 2.94. The number of carbonyl (C=O) groups is 2. The number of carbonyl (C=O) groups excluding carboxylic acids is 2. The van der Waals surface area contributed by atoms with E-state index in [4.69, 9.17) is 9.47 Å². The second-order valence-electron chi connectivity index (χ2n) is 7.57. The number of nitrogens with one attached hydrogen (secondary N) is 2. The van der Waals surface area contributed by atoms with Gasteiger partial charge in [0, 0.05) is 12.2 Å². The molecule has 1 fully saturated rings. The Balaban J connectivity index is 1.79. The Labute approximate surface area is 177 Å². The fraction of sp³-hybridized carbons (Fsp3) is 0.478. The van der Waals surface area contributed by atoms with Crippen LogP contribution in [0.15, 0.2) is 24.3 Å². The van der Waals surface area contributed by atoms with Crippen LogP contribution in [0.2, 0.25) is 0 Å². The molecule has 1 aromatic heterocycles. The average Bonchev–Trinajstić information content (AvgIpc) is 3.41. The van der Waals surface area contributed by atoms with Gasteiger partial charge in [0.15, 0.2) is 0 Å². The van der Waals surface area contributed by atoms with Gasteiger partial charge in [-0.25, -0.2) is 4.79 Å². The van der Waals surface area contributed by atoms with Crippen LogP contribution in [0.4, 0.5) is 0 Å². The Morgan fingerprint density at radius 2 is 1.83 bits per heavy atom. The maximum Gasteiger partial charge on any atom is 0.339 e. The van der Waals surface area contributed by atoms with E-state index in [0.29, 0.717) is 29.8 Å². The summed E-state index contributed by atoms with van der Waals surface area (Å²) in [7, 11) is 3.00. The van der Waals surface area contributed by atoms with Crippen LogP contribution < -0.4 is 10.1 Å². The largest absolute Gasteiger partial charge is 0.497 e. The minimum atomic E-state index is -0.423. The third-order valence-corrected chi connectivity index (χ3v) is 5.84. The molecule has 1 aliphatic rings. The van der Waals surface area contributed by atoms with Crippen molar-refractivity contribution in [1.82, 2.24) is 15.2 Å². The van der Waals surface area contributed by atoms with Crippen molar-refractivity contribution >= 4 is 11.9 Å². The van der Waals surface area contributed by atoms with Gasteiger partial charge in [0.05, 0.1) is 25.8 Å². The van der Waals surface area contributed by atoms with E-state index in [2.05, 4.69) is 27.3 Å².